The number of aliphatic hydroxyl groups is 1. The summed E-state index contributed by atoms with van der Waals surface area (Å²) in [6, 6.07) is -0.407. The second-order valence-corrected chi connectivity index (χ2v) is 5.34. The van der Waals surface area contributed by atoms with E-state index in [2.05, 4.69) is 5.32 Å². The molecule has 0 aliphatic heterocycles. The molecular weight excluding hydrogens is 264 g/mol. The average Bonchev–Trinajstić information content (AvgIpc) is 2.33. The fourth-order valence-corrected chi connectivity index (χ4v) is 1.83. The van der Waals surface area contributed by atoms with Crippen LogP contribution in [0.1, 0.15) is 20.3 Å². The van der Waals surface area contributed by atoms with Gasteiger partial charge in [0.2, 0.25) is 0 Å². The first-order chi connectivity index (χ1) is 9.27. The zero-order chi connectivity index (χ0) is 15.7. The van der Waals surface area contributed by atoms with Crippen LogP contribution in [0.2, 0.25) is 0 Å². The second-order valence-electron chi connectivity index (χ2n) is 5.34. The number of likely N-dealkylation sites (N-methyl/N-ethyl adjacent to an activating group) is 1. The molecule has 0 saturated heterocycles. The minimum Gasteiger partial charge on any atom is -0.481 e. The molecule has 2 amide bonds. The number of nitrogens with one attached hydrogen (secondary N) is 1. The molecule has 0 saturated carbocycles. The van der Waals surface area contributed by atoms with Crippen molar-refractivity contribution in [3.63, 3.8) is 0 Å². The van der Waals surface area contributed by atoms with E-state index in [1.165, 1.54) is 19.1 Å². The molecule has 0 fully saturated rings. The second kappa shape index (κ2) is 9.55. The van der Waals surface area contributed by atoms with E-state index in [-0.39, 0.29) is 25.6 Å². The minimum atomic E-state index is -0.916. The number of amides is 2. The lowest BCUT2D eigenvalue weighted by atomic mass is 9.97. The minimum absolute atomic E-state index is 0.0804. The molecule has 118 valence electrons. The molecule has 0 aliphatic rings. The van der Waals surface area contributed by atoms with Crippen LogP contribution in [-0.4, -0.2) is 67.1 Å². The van der Waals surface area contributed by atoms with E-state index in [0.29, 0.717) is 6.42 Å². The Balaban J connectivity index is 4.20. The number of urea groups is 1. The maximum absolute atomic E-state index is 11.8. The molecule has 0 aromatic heterocycles. The molecule has 0 aliphatic carbocycles. The number of ether oxygens (including phenoxy) is 1. The first-order valence-corrected chi connectivity index (χ1v) is 6.66. The van der Waals surface area contributed by atoms with Gasteiger partial charge in [-0.2, -0.15) is 0 Å². The Bertz CT molecular complexity index is 309. The van der Waals surface area contributed by atoms with Crippen LogP contribution in [0.5, 0.6) is 0 Å². The number of carboxylic acids is 1. The van der Waals surface area contributed by atoms with Gasteiger partial charge in [0.25, 0.3) is 0 Å². The lowest BCUT2D eigenvalue weighted by Crippen LogP contribution is -2.44. The average molecular weight is 290 g/mol. The normalized spacial score (nSPS) is 13.9. The van der Waals surface area contributed by atoms with Crippen molar-refractivity contribution < 1.29 is 24.5 Å². The van der Waals surface area contributed by atoms with E-state index < -0.39 is 24.0 Å². The first-order valence-electron chi connectivity index (χ1n) is 6.66. The van der Waals surface area contributed by atoms with Gasteiger partial charge < -0.3 is 25.2 Å². The molecule has 0 radical (unpaired) electrons. The molecular formula is C13H26N2O5. The molecule has 0 spiro atoms. The molecule has 7 nitrogen and oxygen atoms in total. The van der Waals surface area contributed by atoms with Gasteiger partial charge >= 0.3 is 12.0 Å². The van der Waals surface area contributed by atoms with Crippen LogP contribution in [-0.2, 0) is 9.53 Å². The number of hydrogen-bond donors (Lipinski definition) is 3. The lowest BCUT2D eigenvalue weighted by Gasteiger charge is -2.22. The highest BCUT2D eigenvalue weighted by Gasteiger charge is 2.21. The monoisotopic (exact) mass is 290 g/mol. The molecule has 7 heteroatoms. The van der Waals surface area contributed by atoms with Crippen LogP contribution in [0.3, 0.4) is 0 Å². The summed E-state index contributed by atoms with van der Waals surface area (Å²) >= 11 is 0. The van der Waals surface area contributed by atoms with Gasteiger partial charge in [0, 0.05) is 20.7 Å². The van der Waals surface area contributed by atoms with Gasteiger partial charge in [-0.25, -0.2) is 4.79 Å². The summed E-state index contributed by atoms with van der Waals surface area (Å²) in [5, 5.41) is 21.2. The molecule has 0 rings (SSSR count). The molecule has 20 heavy (non-hydrogen) atoms. The number of methoxy groups -OCH3 is 1. The Kier molecular flexibility index (Phi) is 8.91. The summed E-state index contributed by atoms with van der Waals surface area (Å²) in [7, 11) is 3.00. The van der Waals surface area contributed by atoms with Gasteiger partial charge in [0.1, 0.15) is 0 Å². The predicted octanol–water partition coefficient (Wildman–Crippen LogP) is 0.382. The third kappa shape index (κ3) is 7.96. The summed E-state index contributed by atoms with van der Waals surface area (Å²) in [6.07, 6.45) is -0.257. The Labute approximate surface area is 119 Å². The number of carbonyl (C=O) groups excluding carboxylic acids is 1. The number of nitrogens with zero attached hydrogens (tertiary/aromatic N) is 1. The third-order valence-corrected chi connectivity index (χ3v) is 2.80. The molecule has 0 aromatic rings. The van der Waals surface area contributed by atoms with Crippen molar-refractivity contribution in [2.24, 2.45) is 11.8 Å². The fourth-order valence-electron chi connectivity index (χ4n) is 1.83. The van der Waals surface area contributed by atoms with E-state index in [1.807, 2.05) is 13.8 Å². The molecule has 0 aromatic carbocycles. The third-order valence-electron chi connectivity index (χ3n) is 2.80. The Hall–Kier alpha value is -1.34. The van der Waals surface area contributed by atoms with E-state index in [4.69, 9.17) is 9.84 Å². The Morgan fingerprint density at radius 3 is 2.40 bits per heavy atom. The summed E-state index contributed by atoms with van der Waals surface area (Å²) in [5.74, 6) is -1.27. The quantitative estimate of drug-likeness (QED) is 0.570. The lowest BCUT2D eigenvalue weighted by molar-refractivity contribution is -0.142. The topological polar surface area (TPSA) is 99.1 Å². The summed E-state index contributed by atoms with van der Waals surface area (Å²) in [6.45, 7) is 4.22. The van der Waals surface area contributed by atoms with Crippen LogP contribution < -0.4 is 5.32 Å². The summed E-state index contributed by atoms with van der Waals surface area (Å²) in [4.78, 5) is 24.1. The van der Waals surface area contributed by atoms with Gasteiger partial charge in [-0.15, -0.1) is 0 Å². The van der Waals surface area contributed by atoms with Crippen molar-refractivity contribution in [3.05, 3.63) is 0 Å². The van der Waals surface area contributed by atoms with Crippen molar-refractivity contribution in [2.75, 3.05) is 33.9 Å². The van der Waals surface area contributed by atoms with Gasteiger partial charge in [-0.05, 0) is 12.3 Å². The number of carboxylic acid groups (broad SMARTS) is 1. The SMILES string of the molecule is COCC(O)CN(C)C(=O)NCC(CC(C)C)C(=O)O. The highest BCUT2D eigenvalue weighted by Crippen LogP contribution is 2.11. The molecule has 0 bridgehead atoms. The number of carbonyl (C=O) groups is 2. The van der Waals surface area contributed by atoms with Crippen molar-refractivity contribution in [2.45, 2.75) is 26.4 Å². The van der Waals surface area contributed by atoms with Gasteiger partial charge in [0.05, 0.1) is 25.2 Å². The maximum Gasteiger partial charge on any atom is 0.317 e. The first kappa shape index (κ1) is 18.7. The van der Waals surface area contributed by atoms with Crippen LogP contribution in [0.15, 0.2) is 0 Å². The van der Waals surface area contributed by atoms with Crippen molar-refractivity contribution >= 4 is 12.0 Å². The van der Waals surface area contributed by atoms with Gasteiger partial charge in [0.15, 0.2) is 0 Å². The fraction of sp³-hybridized carbons (Fsp3) is 0.846. The van der Waals surface area contributed by atoms with E-state index in [1.54, 1.807) is 0 Å². The van der Waals surface area contributed by atoms with Crippen molar-refractivity contribution in [1.82, 2.24) is 10.2 Å². The van der Waals surface area contributed by atoms with Gasteiger partial charge in [-0.1, -0.05) is 13.8 Å². The van der Waals surface area contributed by atoms with E-state index >= 15 is 0 Å². The smallest absolute Gasteiger partial charge is 0.317 e. The highest BCUT2D eigenvalue weighted by atomic mass is 16.5. The van der Waals surface area contributed by atoms with Crippen LogP contribution in [0, 0.1) is 11.8 Å². The van der Waals surface area contributed by atoms with Crippen LogP contribution in [0.4, 0.5) is 4.79 Å². The number of aliphatic carboxylic acids is 1. The number of rotatable bonds is 9. The molecule has 2 unspecified atom stereocenters. The maximum atomic E-state index is 11.8. The molecule has 0 heterocycles. The van der Waals surface area contributed by atoms with Crippen LogP contribution >= 0.6 is 0 Å². The zero-order valence-electron chi connectivity index (χ0n) is 12.6. The van der Waals surface area contributed by atoms with Crippen molar-refractivity contribution in [3.8, 4) is 0 Å². The van der Waals surface area contributed by atoms with E-state index in [0.717, 1.165) is 0 Å². The highest BCUT2D eigenvalue weighted by molar-refractivity contribution is 5.75. The number of aliphatic hydroxyl groups excluding tert-OH is 1. The van der Waals surface area contributed by atoms with Gasteiger partial charge in [-0.3, -0.25) is 4.79 Å². The largest absolute Gasteiger partial charge is 0.481 e. The molecule has 3 N–H and O–H groups in total. The Morgan fingerprint density at radius 2 is 1.95 bits per heavy atom. The Morgan fingerprint density at radius 1 is 1.35 bits per heavy atom. The number of hydrogen-bond acceptors (Lipinski definition) is 4. The predicted molar refractivity (Wildman–Crippen MR) is 74.5 cm³/mol. The zero-order valence-corrected chi connectivity index (χ0v) is 12.6. The standard InChI is InChI=1S/C13H26N2O5/c1-9(2)5-10(12(17)18)6-14-13(19)15(3)7-11(16)8-20-4/h9-11,16H,5-8H2,1-4H3,(H,14,19)(H,17,18). The van der Waals surface area contributed by atoms with E-state index in [9.17, 15) is 14.7 Å². The molecule has 2 atom stereocenters. The summed E-state index contributed by atoms with van der Waals surface area (Å²) < 4.78 is 4.77. The summed E-state index contributed by atoms with van der Waals surface area (Å²) in [5.41, 5.74) is 0. The van der Waals surface area contributed by atoms with Crippen molar-refractivity contribution in [1.29, 1.82) is 0 Å². The van der Waals surface area contributed by atoms with Crippen LogP contribution in [0.25, 0.3) is 0 Å².